The number of nitrogens with one attached hydrogen (secondary N) is 4. The lowest BCUT2D eigenvalue weighted by Crippen LogP contribution is -2.52. The Bertz CT molecular complexity index is 3620. The zero-order valence-electron chi connectivity index (χ0n) is 47.1. The molecular weight excluding hydrogens is 1080 g/mol. The minimum absolute atomic E-state index is 0.0193. The van der Waals surface area contributed by atoms with Crippen LogP contribution < -0.4 is 20.4 Å². The molecule has 6 aromatic carbocycles. The lowest BCUT2D eigenvalue weighted by atomic mass is 9.89. The molecule has 2 aliphatic carbocycles. The monoisotopic (exact) mass is 1150 g/mol. The van der Waals surface area contributed by atoms with E-state index in [0.717, 1.165) is 70.1 Å². The molecule has 14 rings (SSSR count). The number of likely N-dealkylation sites (tertiary alicyclic amines) is 2. The third kappa shape index (κ3) is 10.3. The fourth-order valence-electron chi connectivity index (χ4n) is 15.5. The maximum Gasteiger partial charge on any atom is 0.405 e. The van der Waals surface area contributed by atoms with Crippen LogP contribution in [0.3, 0.4) is 0 Å². The summed E-state index contributed by atoms with van der Waals surface area (Å²) >= 11 is 0. The van der Waals surface area contributed by atoms with Gasteiger partial charge in [-0.2, -0.15) is 0 Å². The van der Waals surface area contributed by atoms with Crippen LogP contribution in [0.2, 0.25) is 0 Å². The largest absolute Gasteiger partial charge is 0.465 e. The number of nitrogens with zero attached hydrogens (tertiary/aromatic N) is 6. The van der Waals surface area contributed by atoms with Crippen LogP contribution in [0.25, 0.3) is 22.1 Å². The van der Waals surface area contributed by atoms with E-state index in [9.17, 15) is 29.4 Å². The van der Waals surface area contributed by atoms with Crippen molar-refractivity contribution < 1.29 is 38.2 Å². The Kier molecular flexibility index (Phi) is 14.2. The van der Waals surface area contributed by atoms with Gasteiger partial charge in [-0.15, -0.1) is 0 Å². The van der Waals surface area contributed by atoms with Gasteiger partial charge >= 0.3 is 12.2 Å². The summed E-state index contributed by atoms with van der Waals surface area (Å²) in [5.41, 5.74) is 10.8. The fourth-order valence-corrected chi connectivity index (χ4v) is 15.5. The molecular formula is C67H68F2N10O6. The Morgan fingerprint density at radius 3 is 1.38 bits per heavy atom. The van der Waals surface area contributed by atoms with Gasteiger partial charge in [0, 0.05) is 31.9 Å². The van der Waals surface area contributed by atoms with E-state index < -0.39 is 48.0 Å². The van der Waals surface area contributed by atoms with E-state index >= 15 is 8.78 Å². The summed E-state index contributed by atoms with van der Waals surface area (Å²) in [4.78, 5) is 78.3. The van der Waals surface area contributed by atoms with Crippen molar-refractivity contribution in [1.29, 1.82) is 0 Å². The van der Waals surface area contributed by atoms with Crippen molar-refractivity contribution in [1.82, 2.24) is 40.4 Å². The van der Waals surface area contributed by atoms with Crippen LogP contribution in [0, 0.1) is 23.5 Å². The summed E-state index contributed by atoms with van der Waals surface area (Å²) in [6, 6.07) is 38.0. The average molecular weight is 1150 g/mol. The number of fused-ring (bicyclic) bond motifs is 4. The van der Waals surface area contributed by atoms with Gasteiger partial charge < -0.3 is 50.4 Å². The first-order valence-corrected chi connectivity index (χ1v) is 30.2. The highest BCUT2D eigenvalue weighted by molar-refractivity contribution is 5.88. The molecule has 436 valence electrons. The number of rotatable bonds is 13. The summed E-state index contributed by atoms with van der Waals surface area (Å²) in [6.07, 6.45) is 5.52. The molecule has 4 aliphatic heterocycles. The van der Waals surface area contributed by atoms with Crippen LogP contribution in [0.15, 0.2) is 127 Å². The molecule has 4 fully saturated rings. The number of carboxylic acid groups (broad SMARTS) is 2. The first-order chi connectivity index (χ1) is 41.4. The number of aromatic amines is 2. The average Bonchev–Trinajstić information content (AvgIpc) is 4.38. The number of benzene rings is 6. The van der Waals surface area contributed by atoms with Crippen molar-refractivity contribution in [2.24, 2.45) is 11.8 Å². The first kappa shape index (κ1) is 54.2. The maximum atomic E-state index is 17.0. The number of H-pyrrole nitrogens is 2. The highest BCUT2D eigenvalue weighted by Gasteiger charge is 2.44. The molecule has 4 saturated heterocycles. The lowest BCUT2D eigenvalue weighted by Gasteiger charge is -2.36. The molecule has 2 aromatic heterocycles. The van der Waals surface area contributed by atoms with Gasteiger partial charge in [-0.1, -0.05) is 91.0 Å². The molecule has 16 nitrogen and oxygen atoms in total. The zero-order chi connectivity index (χ0) is 58.0. The number of carbonyl (C=O) groups excluding carboxylic acids is 2. The van der Waals surface area contributed by atoms with Crippen LogP contribution in [0.5, 0.6) is 0 Å². The quantitative estimate of drug-likeness (QED) is 0.0645. The highest BCUT2D eigenvalue weighted by atomic mass is 19.1. The summed E-state index contributed by atoms with van der Waals surface area (Å²) in [6.45, 7) is 1.96. The predicted molar refractivity (Wildman–Crippen MR) is 318 cm³/mol. The number of hydrogen-bond acceptors (Lipinski definition) is 8. The van der Waals surface area contributed by atoms with Crippen LogP contribution in [-0.4, -0.2) is 102 Å². The van der Waals surface area contributed by atoms with Gasteiger partial charge in [0.25, 0.3) is 0 Å². The number of aromatic nitrogens is 4. The van der Waals surface area contributed by atoms with E-state index in [-0.39, 0.29) is 41.4 Å². The van der Waals surface area contributed by atoms with Crippen LogP contribution in [-0.2, 0) is 35.3 Å². The second-order valence-electron chi connectivity index (χ2n) is 24.4. The molecule has 6 atom stereocenters. The third-order valence-electron chi connectivity index (χ3n) is 19.5. The van der Waals surface area contributed by atoms with Crippen molar-refractivity contribution in [2.75, 3.05) is 36.0 Å². The van der Waals surface area contributed by atoms with Gasteiger partial charge in [0.2, 0.25) is 11.8 Å². The van der Waals surface area contributed by atoms with Gasteiger partial charge in [-0.05, 0) is 170 Å². The smallest absolute Gasteiger partial charge is 0.405 e. The normalized spacial score (nSPS) is 21.7. The summed E-state index contributed by atoms with van der Waals surface area (Å²) in [7, 11) is 0. The van der Waals surface area contributed by atoms with E-state index in [4.69, 9.17) is 9.97 Å². The first-order valence-electron chi connectivity index (χ1n) is 30.2. The van der Waals surface area contributed by atoms with Gasteiger partial charge in [-0.3, -0.25) is 9.59 Å². The summed E-state index contributed by atoms with van der Waals surface area (Å²) in [5.74, 6) is -0.681. The molecule has 0 saturated carbocycles. The van der Waals surface area contributed by atoms with E-state index in [0.29, 0.717) is 112 Å². The molecule has 6 heterocycles. The Morgan fingerprint density at radius 2 is 0.941 bits per heavy atom. The van der Waals surface area contributed by atoms with Crippen LogP contribution in [0.4, 0.5) is 29.7 Å². The number of piperidine rings is 1. The topological polar surface area (TPSA) is 203 Å². The van der Waals surface area contributed by atoms with Crippen molar-refractivity contribution in [2.45, 2.75) is 119 Å². The fraction of sp³-hybridized carbons (Fsp3) is 0.373. The second kappa shape index (κ2) is 22.3. The Morgan fingerprint density at radius 1 is 0.506 bits per heavy atom. The summed E-state index contributed by atoms with van der Waals surface area (Å²) in [5, 5.41) is 25.1. The minimum Gasteiger partial charge on any atom is -0.465 e. The zero-order valence-corrected chi connectivity index (χ0v) is 47.1. The highest BCUT2D eigenvalue weighted by Crippen LogP contribution is 2.49. The van der Waals surface area contributed by atoms with E-state index in [2.05, 4.69) is 37.6 Å². The molecule has 3 unspecified atom stereocenters. The Hall–Kier alpha value is -8.80. The second-order valence-corrected chi connectivity index (χ2v) is 24.4. The van der Waals surface area contributed by atoms with Gasteiger partial charge in [0.15, 0.2) is 11.6 Å². The number of halogens is 2. The number of amides is 4. The molecule has 18 heteroatoms. The minimum atomic E-state index is -1.24. The van der Waals surface area contributed by atoms with Crippen molar-refractivity contribution >= 4 is 57.4 Å². The third-order valence-corrected chi connectivity index (χ3v) is 19.5. The number of carbonyl (C=O) groups is 4. The molecule has 4 amide bonds. The maximum absolute atomic E-state index is 17.0. The van der Waals surface area contributed by atoms with Crippen molar-refractivity contribution in [3.63, 3.8) is 0 Å². The van der Waals surface area contributed by atoms with Crippen LogP contribution in [0.1, 0.15) is 132 Å². The lowest BCUT2D eigenvalue weighted by molar-refractivity contribution is -0.136. The van der Waals surface area contributed by atoms with Crippen LogP contribution >= 0.6 is 0 Å². The summed E-state index contributed by atoms with van der Waals surface area (Å²) < 4.78 is 34.0. The number of anilines is 2. The predicted octanol–water partition coefficient (Wildman–Crippen LogP) is 11.6. The van der Waals surface area contributed by atoms with Gasteiger partial charge in [-0.25, -0.2) is 28.3 Å². The standard InChI is InChI=1S/C67H68F2N10O6/c68-49-36-48(37-50(69)61(49)76-28-24-39(25-29-76)38-10-2-1-3-11-38)79-55(44-18-20-51-53(34-44)72-62(70-51)57-16-8-26-77(57)64(80)59(74-66(82)83)46-30-40-12-4-5-13-41(40)31-46)22-23-56(79)45-19-21-52-54(35-45)73-63(71-52)58-17-9-27-78(58)65(81)60(75-67(84)85)47-32-42-14-6-7-15-43(42)33-47/h1-7,10-15,18-21,34-37,39,46-47,55-60,74-75H,8-9,16-17,22-33H2,(H,70,72)(H,71,73)(H,82,83)(H,84,85)/t55-,56+,57?,58?,59-,60?/m0/s1. The van der Waals surface area contributed by atoms with E-state index in [1.165, 1.54) is 17.7 Å². The molecule has 8 aromatic rings. The van der Waals surface area contributed by atoms with E-state index in [1.54, 1.807) is 9.80 Å². The Balaban J connectivity index is 0.760. The number of hydrogen-bond donors (Lipinski definition) is 6. The SMILES string of the molecule is O=C(O)NC(C(=O)N1CCCC1c1nc2cc([C@H]3CC[C@@H](c4ccc5[nH]c(C6CCCN6C(=O)[C@@H](NC(=O)O)C6Cc7ccccc7C6)nc5c4)N3c3cc(F)c(N4CCC(c5ccccc5)CC4)c(F)c3)ccc2[nH]1)C1Cc2ccccc2C1. The Labute approximate surface area is 490 Å². The number of imidazole rings is 2. The molecule has 0 radical (unpaired) electrons. The van der Waals surface area contributed by atoms with Crippen molar-refractivity contribution in [3.05, 3.63) is 190 Å². The molecule has 6 N–H and O–H groups in total. The molecule has 0 spiro atoms. The van der Waals surface area contributed by atoms with Gasteiger partial charge in [0.05, 0.1) is 46.2 Å². The van der Waals surface area contributed by atoms with Gasteiger partial charge in [0.1, 0.15) is 29.4 Å². The molecule has 85 heavy (non-hydrogen) atoms. The van der Waals surface area contributed by atoms with Crippen molar-refractivity contribution in [3.8, 4) is 0 Å². The molecule has 6 aliphatic rings. The molecule has 0 bridgehead atoms. The van der Waals surface area contributed by atoms with E-state index in [1.807, 2.05) is 108 Å².